The van der Waals surface area contributed by atoms with Crippen molar-refractivity contribution in [2.75, 3.05) is 6.54 Å². The highest BCUT2D eigenvalue weighted by molar-refractivity contribution is 7.11. The van der Waals surface area contributed by atoms with Crippen molar-refractivity contribution in [3.63, 3.8) is 0 Å². The SMILES string of the molecule is CC1C(Cl)CCCN1C(=O)c1cncs1. The molecule has 1 aromatic rings. The standard InChI is InChI=1S/C10H13ClN2OS/c1-7-8(11)3-2-4-13(7)10(14)9-5-12-6-15-9/h5-8H,2-4H2,1H3. The summed E-state index contributed by atoms with van der Waals surface area (Å²) in [5, 5.41) is 0.0793. The molecular formula is C10H13ClN2OS. The smallest absolute Gasteiger partial charge is 0.265 e. The summed E-state index contributed by atoms with van der Waals surface area (Å²) < 4.78 is 0. The number of carbonyl (C=O) groups excluding carboxylic acids is 1. The molecule has 82 valence electrons. The van der Waals surface area contributed by atoms with Crippen LogP contribution in [0.25, 0.3) is 0 Å². The molecule has 1 aromatic heterocycles. The van der Waals surface area contributed by atoms with Crippen LogP contribution in [0.15, 0.2) is 11.7 Å². The Morgan fingerprint density at radius 3 is 3.20 bits per heavy atom. The van der Waals surface area contributed by atoms with E-state index in [1.807, 2.05) is 11.8 Å². The van der Waals surface area contributed by atoms with Crippen LogP contribution in [0.5, 0.6) is 0 Å². The Bertz CT molecular complexity index is 341. The van der Waals surface area contributed by atoms with Gasteiger partial charge in [0.25, 0.3) is 5.91 Å². The largest absolute Gasteiger partial charge is 0.334 e. The van der Waals surface area contributed by atoms with Gasteiger partial charge < -0.3 is 4.90 Å². The van der Waals surface area contributed by atoms with Crippen molar-refractivity contribution in [3.05, 3.63) is 16.6 Å². The van der Waals surface area contributed by atoms with E-state index in [4.69, 9.17) is 11.6 Å². The maximum Gasteiger partial charge on any atom is 0.265 e. The van der Waals surface area contributed by atoms with Gasteiger partial charge in [-0.05, 0) is 19.8 Å². The zero-order valence-electron chi connectivity index (χ0n) is 8.52. The lowest BCUT2D eigenvalue weighted by atomic mass is 10.0. The third kappa shape index (κ3) is 2.16. The molecule has 0 aliphatic carbocycles. The number of rotatable bonds is 1. The first-order valence-corrected chi connectivity index (χ1v) is 6.35. The molecule has 1 fully saturated rings. The minimum absolute atomic E-state index is 0.0651. The Kier molecular flexibility index (Phi) is 3.26. The molecule has 3 nitrogen and oxygen atoms in total. The predicted molar refractivity (Wildman–Crippen MR) is 61.5 cm³/mol. The van der Waals surface area contributed by atoms with Crippen LogP contribution in [0.4, 0.5) is 0 Å². The molecule has 0 aromatic carbocycles. The van der Waals surface area contributed by atoms with Gasteiger partial charge in [0.05, 0.1) is 17.1 Å². The van der Waals surface area contributed by atoms with Crippen LogP contribution < -0.4 is 0 Å². The maximum atomic E-state index is 12.1. The van der Waals surface area contributed by atoms with E-state index in [0.29, 0.717) is 4.88 Å². The first kappa shape index (κ1) is 10.9. The number of thiazole rings is 1. The van der Waals surface area contributed by atoms with E-state index in [1.54, 1.807) is 11.7 Å². The Hall–Kier alpha value is -0.610. The molecule has 0 saturated carbocycles. The molecule has 1 aliphatic heterocycles. The van der Waals surface area contributed by atoms with Gasteiger partial charge in [-0.3, -0.25) is 9.78 Å². The highest BCUT2D eigenvalue weighted by Gasteiger charge is 2.30. The molecule has 1 amide bonds. The summed E-state index contributed by atoms with van der Waals surface area (Å²) in [5.74, 6) is 0.0651. The predicted octanol–water partition coefficient (Wildman–Crippen LogP) is 2.38. The second kappa shape index (κ2) is 4.49. The lowest BCUT2D eigenvalue weighted by Crippen LogP contribution is -2.47. The molecule has 2 unspecified atom stereocenters. The average Bonchev–Trinajstić information content (AvgIpc) is 2.74. The van der Waals surface area contributed by atoms with Crippen molar-refractivity contribution in [2.45, 2.75) is 31.2 Å². The lowest BCUT2D eigenvalue weighted by molar-refractivity contribution is 0.0646. The van der Waals surface area contributed by atoms with E-state index in [1.165, 1.54) is 11.3 Å². The number of piperidine rings is 1. The van der Waals surface area contributed by atoms with E-state index in [9.17, 15) is 4.79 Å². The Balaban J connectivity index is 2.13. The summed E-state index contributed by atoms with van der Waals surface area (Å²) in [4.78, 5) is 18.5. The quantitative estimate of drug-likeness (QED) is 0.711. The molecule has 0 radical (unpaired) electrons. The molecule has 15 heavy (non-hydrogen) atoms. The number of nitrogens with zero attached hydrogens (tertiary/aromatic N) is 2. The highest BCUT2D eigenvalue weighted by atomic mass is 35.5. The van der Waals surface area contributed by atoms with Gasteiger partial charge in [-0.2, -0.15) is 0 Å². The molecule has 2 rings (SSSR count). The van der Waals surface area contributed by atoms with Crippen molar-refractivity contribution < 1.29 is 4.79 Å². The molecule has 0 N–H and O–H groups in total. The number of hydrogen-bond acceptors (Lipinski definition) is 3. The molecule has 2 heterocycles. The number of aromatic nitrogens is 1. The van der Waals surface area contributed by atoms with Gasteiger partial charge in [-0.1, -0.05) is 0 Å². The van der Waals surface area contributed by atoms with Crippen LogP contribution in [0, 0.1) is 0 Å². The third-order valence-corrected chi connectivity index (χ3v) is 4.14. The van der Waals surface area contributed by atoms with E-state index in [0.717, 1.165) is 19.4 Å². The third-order valence-electron chi connectivity index (χ3n) is 2.80. The average molecular weight is 245 g/mol. The number of alkyl halides is 1. The lowest BCUT2D eigenvalue weighted by Gasteiger charge is -2.36. The van der Waals surface area contributed by atoms with Gasteiger partial charge in [-0.25, -0.2) is 0 Å². The summed E-state index contributed by atoms with van der Waals surface area (Å²) in [7, 11) is 0. The van der Waals surface area contributed by atoms with Crippen LogP contribution in [0.2, 0.25) is 0 Å². The summed E-state index contributed by atoms with van der Waals surface area (Å²) in [5.41, 5.74) is 1.68. The normalized spacial score (nSPS) is 26.7. The molecule has 1 aliphatic rings. The number of hydrogen-bond donors (Lipinski definition) is 0. The Morgan fingerprint density at radius 1 is 1.73 bits per heavy atom. The summed E-state index contributed by atoms with van der Waals surface area (Å²) in [6.07, 6.45) is 3.61. The Morgan fingerprint density at radius 2 is 2.53 bits per heavy atom. The number of halogens is 1. The summed E-state index contributed by atoms with van der Waals surface area (Å²) in [6.45, 7) is 2.82. The Labute approximate surface area is 98.1 Å². The minimum atomic E-state index is 0.0651. The van der Waals surface area contributed by atoms with Crippen molar-refractivity contribution in [3.8, 4) is 0 Å². The topological polar surface area (TPSA) is 33.2 Å². The highest BCUT2D eigenvalue weighted by Crippen LogP contribution is 2.24. The number of likely N-dealkylation sites (tertiary alicyclic amines) is 1. The van der Waals surface area contributed by atoms with Gasteiger partial charge >= 0.3 is 0 Å². The monoisotopic (exact) mass is 244 g/mol. The van der Waals surface area contributed by atoms with Gasteiger partial charge in [0.1, 0.15) is 4.88 Å². The van der Waals surface area contributed by atoms with Crippen molar-refractivity contribution in [2.24, 2.45) is 0 Å². The van der Waals surface area contributed by atoms with Crippen LogP contribution in [-0.2, 0) is 0 Å². The van der Waals surface area contributed by atoms with Gasteiger partial charge in [-0.15, -0.1) is 22.9 Å². The number of amides is 1. The molecule has 5 heteroatoms. The number of carbonyl (C=O) groups is 1. The first-order chi connectivity index (χ1) is 7.20. The zero-order chi connectivity index (χ0) is 10.8. The second-order valence-corrected chi connectivity index (χ2v) is 5.21. The van der Waals surface area contributed by atoms with Gasteiger partial charge in [0.15, 0.2) is 0 Å². The maximum absolute atomic E-state index is 12.1. The van der Waals surface area contributed by atoms with Crippen LogP contribution in [-0.4, -0.2) is 33.8 Å². The van der Waals surface area contributed by atoms with Crippen LogP contribution in [0.1, 0.15) is 29.4 Å². The van der Waals surface area contributed by atoms with E-state index in [2.05, 4.69) is 4.98 Å². The van der Waals surface area contributed by atoms with Gasteiger partial charge in [0.2, 0.25) is 0 Å². The second-order valence-electron chi connectivity index (χ2n) is 3.76. The fourth-order valence-corrected chi connectivity index (χ4v) is 2.71. The summed E-state index contributed by atoms with van der Waals surface area (Å²) in [6, 6.07) is 0.120. The van der Waals surface area contributed by atoms with E-state index in [-0.39, 0.29) is 17.3 Å². The fourth-order valence-electron chi connectivity index (χ4n) is 1.85. The van der Waals surface area contributed by atoms with Crippen LogP contribution in [0.3, 0.4) is 0 Å². The summed E-state index contributed by atoms with van der Waals surface area (Å²) >= 11 is 7.54. The fraction of sp³-hybridized carbons (Fsp3) is 0.600. The van der Waals surface area contributed by atoms with E-state index >= 15 is 0 Å². The zero-order valence-corrected chi connectivity index (χ0v) is 10.1. The van der Waals surface area contributed by atoms with Gasteiger partial charge in [0, 0.05) is 12.6 Å². The molecule has 2 atom stereocenters. The first-order valence-electron chi connectivity index (χ1n) is 5.03. The van der Waals surface area contributed by atoms with Crippen molar-refractivity contribution in [1.29, 1.82) is 0 Å². The molecular weight excluding hydrogens is 232 g/mol. The minimum Gasteiger partial charge on any atom is -0.334 e. The van der Waals surface area contributed by atoms with Crippen molar-refractivity contribution >= 4 is 28.8 Å². The molecule has 0 spiro atoms. The van der Waals surface area contributed by atoms with E-state index < -0.39 is 0 Å². The van der Waals surface area contributed by atoms with Crippen molar-refractivity contribution in [1.82, 2.24) is 9.88 Å². The van der Waals surface area contributed by atoms with Crippen LogP contribution >= 0.6 is 22.9 Å². The molecule has 1 saturated heterocycles. The molecule has 0 bridgehead atoms.